The van der Waals surface area contributed by atoms with Gasteiger partial charge in [-0.05, 0) is 12.1 Å². The van der Waals surface area contributed by atoms with Gasteiger partial charge in [-0.15, -0.1) is 0 Å². The van der Waals surface area contributed by atoms with Gasteiger partial charge in [0.1, 0.15) is 0 Å². The van der Waals surface area contributed by atoms with Gasteiger partial charge in [-0.1, -0.05) is 25.1 Å². The third-order valence-electron chi connectivity index (χ3n) is 3.91. The molecule has 0 spiro atoms. The number of anilines is 1. The number of hydrogen-bond donors (Lipinski definition) is 0. The molecule has 2 saturated heterocycles. The highest BCUT2D eigenvalue weighted by atomic mass is 16.5. The third kappa shape index (κ3) is 2.64. The predicted octanol–water partition coefficient (Wildman–Crippen LogP) is 1.18. The summed E-state index contributed by atoms with van der Waals surface area (Å²) in [6, 6.07) is 10.1. The van der Waals surface area contributed by atoms with Crippen LogP contribution in [0.1, 0.15) is 6.92 Å². The van der Waals surface area contributed by atoms with Crippen molar-refractivity contribution in [2.75, 3.05) is 44.5 Å². The van der Waals surface area contributed by atoms with Gasteiger partial charge >= 0.3 is 0 Å². The number of ether oxygens (including phenoxy) is 1. The van der Waals surface area contributed by atoms with Crippen molar-refractivity contribution in [3.63, 3.8) is 0 Å². The molecule has 0 radical (unpaired) electrons. The Morgan fingerprint density at radius 1 is 1.20 bits per heavy atom. The Kier molecular flexibility index (Phi) is 3.89. The summed E-state index contributed by atoms with van der Waals surface area (Å²) in [6.45, 7) is 6.69. The SMILES string of the molecule is CC1CN(c2ccccc2)N(CN2CCOCC2)C1=O. The number of amides is 1. The highest BCUT2D eigenvalue weighted by molar-refractivity contribution is 5.84. The normalized spacial score (nSPS) is 24.4. The molecule has 1 aromatic carbocycles. The Bertz CT molecular complexity index is 459. The molecule has 1 atom stereocenters. The molecule has 0 aromatic heterocycles. The van der Waals surface area contributed by atoms with Crippen molar-refractivity contribution in [3.8, 4) is 0 Å². The second kappa shape index (κ2) is 5.81. The number of benzene rings is 1. The highest BCUT2D eigenvalue weighted by Gasteiger charge is 2.36. The second-order valence-electron chi connectivity index (χ2n) is 5.43. The van der Waals surface area contributed by atoms with Crippen molar-refractivity contribution in [2.45, 2.75) is 6.92 Å². The molecule has 1 aromatic rings. The number of para-hydroxylation sites is 1. The number of carbonyl (C=O) groups excluding carboxylic acids is 1. The van der Waals surface area contributed by atoms with Crippen molar-refractivity contribution in [1.82, 2.24) is 9.91 Å². The molecule has 3 rings (SSSR count). The lowest BCUT2D eigenvalue weighted by atomic mass is 10.2. The summed E-state index contributed by atoms with van der Waals surface area (Å²) in [4.78, 5) is 14.7. The number of hydrogen-bond acceptors (Lipinski definition) is 4. The van der Waals surface area contributed by atoms with Crippen LogP contribution in [-0.4, -0.2) is 55.3 Å². The summed E-state index contributed by atoms with van der Waals surface area (Å²) in [5, 5.41) is 3.98. The van der Waals surface area contributed by atoms with Crippen molar-refractivity contribution in [2.24, 2.45) is 5.92 Å². The van der Waals surface area contributed by atoms with Gasteiger partial charge in [0, 0.05) is 13.1 Å². The summed E-state index contributed by atoms with van der Waals surface area (Å²) in [7, 11) is 0. The summed E-state index contributed by atoms with van der Waals surface area (Å²) >= 11 is 0. The Hall–Kier alpha value is -1.59. The van der Waals surface area contributed by atoms with Crippen LogP contribution in [0.3, 0.4) is 0 Å². The van der Waals surface area contributed by atoms with Gasteiger partial charge in [0.25, 0.3) is 0 Å². The Morgan fingerprint density at radius 2 is 1.90 bits per heavy atom. The summed E-state index contributed by atoms with van der Waals surface area (Å²) in [5.41, 5.74) is 1.08. The molecule has 0 aliphatic carbocycles. The summed E-state index contributed by atoms with van der Waals surface area (Å²) in [6.07, 6.45) is 0. The molecule has 1 unspecified atom stereocenters. The summed E-state index contributed by atoms with van der Waals surface area (Å²) in [5.74, 6) is 0.261. The average Bonchev–Trinajstić information content (AvgIpc) is 2.78. The Balaban J connectivity index is 1.76. The van der Waals surface area contributed by atoms with Crippen LogP contribution < -0.4 is 5.01 Å². The number of nitrogens with zero attached hydrogens (tertiary/aromatic N) is 3. The molecular weight excluding hydrogens is 254 g/mol. The minimum absolute atomic E-state index is 0.0521. The zero-order valence-corrected chi connectivity index (χ0v) is 11.9. The molecule has 2 fully saturated rings. The number of rotatable bonds is 3. The molecule has 0 saturated carbocycles. The number of hydrazine groups is 1. The fraction of sp³-hybridized carbons (Fsp3) is 0.533. The molecule has 0 bridgehead atoms. The Morgan fingerprint density at radius 3 is 2.60 bits per heavy atom. The molecule has 108 valence electrons. The maximum Gasteiger partial charge on any atom is 0.247 e. The lowest BCUT2D eigenvalue weighted by Gasteiger charge is -2.35. The molecule has 2 aliphatic rings. The van der Waals surface area contributed by atoms with Gasteiger partial charge in [0.2, 0.25) is 5.91 Å². The van der Waals surface area contributed by atoms with Crippen LogP contribution in [0.4, 0.5) is 5.69 Å². The topological polar surface area (TPSA) is 36.0 Å². The first kappa shape index (κ1) is 13.4. The lowest BCUT2D eigenvalue weighted by Crippen LogP contribution is -2.49. The summed E-state index contributed by atoms with van der Waals surface area (Å²) < 4.78 is 5.36. The van der Waals surface area contributed by atoms with E-state index in [1.54, 1.807) is 0 Å². The van der Waals surface area contributed by atoms with Gasteiger partial charge in [0.15, 0.2) is 0 Å². The van der Waals surface area contributed by atoms with Crippen molar-refractivity contribution >= 4 is 11.6 Å². The first-order valence-electron chi connectivity index (χ1n) is 7.19. The van der Waals surface area contributed by atoms with E-state index in [9.17, 15) is 4.79 Å². The van der Waals surface area contributed by atoms with E-state index in [0.29, 0.717) is 6.67 Å². The van der Waals surface area contributed by atoms with Gasteiger partial charge < -0.3 is 4.74 Å². The molecule has 2 heterocycles. The second-order valence-corrected chi connectivity index (χ2v) is 5.43. The average molecular weight is 275 g/mol. The highest BCUT2D eigenvalue weighted by Crippen LogP contribution is 2.25. The van der Waals surface area contributed by atoms with Crippen LogP contribution in [0.15, 0.2) is 30.3 Å². The van der Waals surface area contributed by atoms with Crippen molar-refractivity contribution in [3.05, 3.63) is 30.3 Å². The fourth-order valence-corrected chi connectivity index (χ4v) is 2.73. The van der Waals surface area contributed by atoms with Crippen molar-refractivity contribution < 1.29 is 9.53 Å². The molecule has 1 amide bonds. The largest absolute Gasteiger partial charge is 0.379 e. The lowest BCUT2D eigenvalue weighted by molar-refractivity contribution is -0.133. The third-order valence-corrected chi connectivity index (χ3v) is 3.91. The molecule has 20 heavy (non-hydrogen) atoms. The van der Waals surface area contributed by atoms with Crippen LogP contribution in [0.5, 0.6) is 0 Å². The Labute approximate surface area is 119 Å². The first-order chi connectivity index (χ1) is 9.75. The van der Waals surface area contributed by atoms with Crippen LogP contribution >= 0.6 is 0 Å². The molecule has 5 heteroatoms. The number of morpholine rings is 1. The van der Waals surface area contributed by atoms with Crippen LogP contribution in [0, 0.1) is 5.92 Å². The molecular formula is C15H21N3O2. The zero-order valence-electron chi connectivity index (χ0n) is 11.9. The number of carbonyl (C=O) groups is 1. The van der Waals surface area contributed by atoms with E-state index in [4.69, 9.17) is 4.74 Å². The van der Waals surface area contributed by atoms with E-state index >= 15 is 0 Å². The minimum Gasteiger partial charge on any atom is -0.379 e. The van der Waals surface area contributed by atoms with E-state index in [1.165, 1.54) is 0 Å². The van der Waals surface area contributed by atoms with Gasteiger partial charge in [0.05, 0.1) is 38.0 Å². The standard InChI is InChI=1S/C15H21N3O2/c1-13-11-17(14-5-3-2-4-6-14)18(15(13)19)12-16-7-9-20-10-8-16/h2-6,13H,7-12H2,1H3. The maximum absolute atomic E-state index is 12.4. The van der Waals surface area contributed by atoms with E-state index in [1.807, 2.05) is 30.1 Å². The zero-order chi connectivity index (χ0) is 13.9. The van der Waals surface area contributed by atoms with E-state index in [0.717, 1.165) is 38.5 Å². The van der Waals surface area contributed by atoms with Crippen LogP contribution in [-0.2, 0) is 9.53 Å². The molecule has 5 nitrogen and oxygen atoms in total. The quantitative estimate of drug-likeness (QED) is 0.830. The van der Waals surface area contributed by atoms with Crippen LogP contribution in [0.2, 0.25) is 0 Å². The van der Waals surface area contributed by atoms with E-state index in [-0.39, 0.29) is 11.8 Å². The molecule has 2 aliphatic heterocycles. The minimum atomic E-state index is 0.0521. The predicted molar refractivity (Wildman–Crippen MR) is 77.1 cm³/mol. The van der Waals surface area contributed by atoms with Crippen LogP contribution in [0.25, 0.3) is 0 Å². The van der Waals surface area contributed by atoms with E-state index in [2.05, 4.69) is 22.0 Å². The van der Waals surface area contributed by atoms with Crippen molar-refractivity contribution in [1.29, 1.82) is 0 Å². The molecule has 0 N–H and O–H groups in total. The first-order valence-corrected chi connectivity index (χ1v) is 7.19. The van der Waals surface area contributed by atoms with Gasteiger partial charge in [-0.2, -0.15) is 0 Å². The van der Waals surface area contributed by atoms with Gasteiger partial charge in [-0.3, -0.25) is 14.7 Å². The smallest absolute Gasteiger partial charge is 0.247 e. The van der Waals surface area contributed by atoms with Gasteiger partial charge in [-0.25, -0.2) is 5.01 Å². The van der Waals surface area contributed by atoms with E-state index < -0.39 is 0 Å². The monoisotopic (exact) mass is 275 g/mol. The maximum atomic E-state index is 12.4. The fourth-order valence-electron chi connectivity index (χ4n) is 2.73.